The van der Waals surface area contributed by atoms with E-state index in [1.165, 1.54) is 6.92 Å². The Kier molecular flexibility index (Phi) is 2.22. The van der Waals surface area contributed by atoms with E-state index in [0.29, 0.717) is 0 Å². The van der Waals surface area contributed by atoms with Crippen LogP contribution in [0.2, 0.25) is 0 Å². The van der Waals surface area contributed by atoms with Gasteiger partial charge >= 0.3 is 0 Å². The first-order valence-electron chi connectivity index (χ1n) is 5.68. The second kappa shape index (κ2) is 3.35. The monoisotopic (exact) mass is 242 g/mol. The highest BCUT2D eigenvalue weighted by Crippen LogP contribution is 2.48. The van der Waals surface area contributed by atoms with E-state index < -0.39 is 30.2 Å². The van der Waals surface area contributed by atoms with Crippen LogP contribution < -0.4 is 0 Å². The van der Waals surface area contributed by atoms with Crippen molar-refractivity contribution < 1.29 is 28.8 Å². The quantitative estimate of drug-likeness (QED) is 0.612. The second-order valence-electron chi connectivity index (χ2n) is 4.87. The average Bonchev–Trinajstić information content (AvgIpc) is 2.72. The second-order valence-corrected chi connectivity index (χ2v) is 4.87. The number of carbonyl (C=O) groups is 2. The normalized spacial score (nSPS) is 52.6. The average molecular weight is 242 g/mol. The zero-order valence-corrected chi connectivity index (χ0v) is 9.84. The van der Waals surface area contributed by atoms with Gasteiger partial charge in [-0.2, -0.15) is 9.78 Å². The third kappa shape index (κ3) is 1.18. The van der Waals surface area contributed by atoms with Gasteiger partial charge < -0.3 is 9.47 Å². The van der Waals surface area contributed by atoms with Gasteiger partial charge in [0.05, 0.1) is 5.92 Å². The minimum atomic E-state index is -1.36. The minimum absolute atomic E-state index is 0.0103. The summed E-state index contributed by atoms with van der Waals surface area (Å²) in [5.41, 5.74) is -1.36. The summed E-state index contributed by atoms with van der Waals surface area (Å²) in [6, 6.07) is 0. The molecular weight excluding hydrogens is 228 g/mol. The molecular formula is C11H14O6. The number of ether oxygens (including phenoxy) is 2. The zero-order chi connectivity index (χ0) is 12.4. The Labute approximate surface area is 98.1 Å². The number of rotatable bonds is 1. The first kappa shape index (κ1) is 11.3. The van der Waals surface area contributed by atoms with Crippen LogP contribution in [0.25, 0.3) is 0 Å². The smallest absolute Gasteiger partial charge is 0.231 e. The molecule has 6 atom stereocenters. The Morgan fingerprint density at radius 1 is 1.29 bits per heavy atom. The van der Waals surface area contributed by atoms with Crippen LogP contribution in [0.3, 0.4) is 0 Å². The van der Waals surface area contributed by atoms with Gasteiger partial charge in [0, 0.05) is 5.92 Å². The summed E-state index contributed by atoms with van der Waals surface area (Å²) in [6.07, 6.45) is -2.26. The molecule has 3 aliphatic heterocycles. The molecule has 3 aliphatic rings. The van der Waals surface area contributed by atoms with Gasteiger partial charge in [-0.25, -0.2) is 0 Å². The topological polar surface area (TPSA) is 71.1 Å². The number of Topliss-reactive ketones (excluding diaryl/α,β-unsaturated/α-hetero) is 2. The lowest BCUT2D eigenvalue weighted by molar-refractivity contribution is -0.305. The minimum Gasteiger partial charge on any atom is -0.352 e. The van der Waals surface area contributed by atoms with Gasteiger partial charge in [-0.1, -0.05) is 13.8 Å². The van der Waals surface area contributed by atoms with Crippen molar-refractivity contribution in [2.75, 3.05) is 0 Å². The van der Waals surface area contributed by atoms with Crippen molar-refractivity contribution in [1.82, 2.24) is 0 Å². The van der Waals surface area contributed by atoms with E-state index in [1.807, 2.05) is 0 Å². The van der Waals surface area contributed by atoms with Crippen molar-refractivity contribution in [2.45, 2.75) is 45.1 Å². The molecule has 0 aromatic carbocycles. The van der Waals surface area contributed by atoms with E-state index >= 15 is 0 Å². The Morgan fingerprint density at radius 3 is 2.65 bits per heavy atom. The molecule has 0 radical (unpaired) electrons. The lowest BCUT2D eigenvalue weighted by Gasteiger charge is -2.49. The molecule has 94 valence electrons. The highest BCUT2D eigenvalue weighted by Gasteiger charge is 2.68. The molecule has 0 spiro atoms. The van der Waals surface area contributed by atoms with Crippen molar-refractivity contribution >= 4 is 11.6 Å². The van der Waals surface area contributed by atoms with Gasteiger partial charge in [-0.15, -0.1) is 0 Å². The molecule has 0 amide bonds. The van der Waals surface area contributed by atoms with E-state index in [1.54, 1.807) is 13.8 Å². The number of hydrogen-bond donors (Lipinski definition) is 0. The summed E-state index contributed by atoms with van der Waals surface area (Å²) in [5.74, 6) is -1.25. The first-order valence-corrected chi connectivity index (χ1v) is 5.68. The largest absolute Gasteiger partial charge is 0.352 e. The summed E-state index contributed by atoms with van der Waals surface area (Å²) in [4.78, 5) is 34.0. The predicted molar refractivity (Wildman–Crippen MR) is 52.5 cm³/mol. The van der Waals surface area contributed by atoms with Crippen LogP contribution in [-0.2, 0) is 28.8 Å². The maximum Gasteiger partial charge on any atom is 0.231 e. The van der Waals surface area contributed by atoms with Crippen molar-refractivity contribution in [1.29, 1.82) is 0 Å². The summed E-state index contributed by atoms with van der Waals surface area (Å²) in [6.45, 7) is 4.79. The Bertz CT molecular complexity index is 393. The van der Waals surface area contributed by atoms with Gasteiger partial charge in [0.1, 0.15) is 11.9 Å². The maximum absolute atomic E-state index is 12.2. The molecule has 0 N–H and O–H groups in total. The van der Waals surface area contributed by atoms with Gasteiger partial charge in [0.25, 0.3) is 0 Å². The molecule has 6 nitrogen and oxygen atoms in total. The Hall–Kier alpha value is -0.820. The van der Waals surface area contributed by atoms with E-state index in [0.717, 1.165) is 0 Å². The lowest BCUT2D eigenvalue weighted by atomic mass is 9.73. The maximum atomic E-state index is 12.2. The molecule has 0 aliphatic carbocycles. The fourth-order valence-corrected chi connectivity index (χ4v) is 2.88. The Balaban J connectivity index is 2.11. The number of carbonyl (C=O) groups excluding carboxylic acids is 2. The van der Waals surface area contributed by atoms with Gasteiger partial charge in [0.2, 0.25) is 12.6 Å². The molecule has 3 fully saturated rings. The van der Waals surface area contributed by atoms with Crippen LogP contribution >= 0.6 is 0 Å². The standard InChI is InChI=1S/C11H14O6/c1-4-7(13)5(2)11(6(3)12)10-14-9(16-17-10)8(4)15-11/h4-5,8-10H,1-3H3/t4-,5+,8+,9-,10+,11+/m0/s1. The highest BCUT2D eigenvalue weighted by molar-refractivity contribution is 5.96. The van der Waals surface area contributed by atoms with Crippen LogP contribution in [0, 0.1) is 11.8 Å². The van der Waals surface area contributed by atoms with Crippen molar-refractivity contribution in [3.05, 3.63) is 0 Å². The van der Waals surface area contributed by atoms with Crippen LogP contribution in [0.5, 0.6) is 0 Å². The Morgan fingerprint density at radius 2 is 2.00 bits per heavy atom. The van der Waals surface area contributed by atoms with E-state index in [-0.39, 0.29) is 17.5 Å². The fraction of sp³-hybridized carbons (Fsp3) is 0.818. The molecule has 4 bridgehead atoms. The summed E-state index contributed by atoms with van der Waals surface area (Å²) in [5, 5.41) is 0. The number of hydrogen-bond acceptors (Lipinski definition) is 6. The molecule has 3 rings (SSSR count). The van der Waals surface area contributed by atoms with Gasteiger partial charge in [-0.3, -0.25) is 9.59 Å². The first-order chi connectivity index (χ1) is 7.98. The molecule has 0 unspecified atom stereocenters. The molecule has 17 heavy (non-hydrogen) atoms. The van der Waals surface area contributed by atoms with Crippen LogP contribution in [0.1, 0.15) is 20.8 Å². The molecule has 3 saturated heterocycles. The molecule has 0 saturated carbocycles. The van der Waals surface area contributed by atoms with Crippen LogP contribution in [0.4, 0.5) is 0 Å². The van der Waals surface area contributed by atoms with Crippen LogP contribution in [-0.4, -0.2) is 35.9 Å². The van der Waals surface area contributed by atoms with E-state index in [9.17, 15) is 9.59 Å². The third-order valence-corrected chi connectivity index (χ3v) is 4.01. The highest BCUT2D eigenvalue weighted by atomic mass is 17.3. The third-order valence-electron chi connectivity index (χ3n) is 4.01. The van der Waals surface area contributed by atoms with E-state index in [2.05, 4.69) is 0 Å². The molecule has 6 heteroatoms. The lowest BCUT2D eigenvalue weighted by Crippen LogP contribution is -2.69. The zero-order valence-electron chi connectivity index (χ0n) is 9.84. The number of fused-ring (bicyclic) bond motifs is 6. The summed E-state index contributed by atoms with van der Waals surface area (Å²) >= 11 is 0. The van der Waals surface area contributed by atoms with Crippen molar-refractivity contribution in [3.63, 3.8) is 0 Å². The molecule has 0 aromatic heterocycles. The van der Waals surface area contributed by atoms with Crippen LogP contribution in [0.15, 0.2) is 0 Å². The summed E-state index contributed by atoms with van der Waals surface area (Å²) < 4.78 is 11.3. The van der Waals surface area contributed by atoms with Crippen molar-refractivity contribution in [2.24, 2.45) is 11.8 Å². The fourth-order valence-electron chi connectivity index (χ4n) is 2.88. The summed E-state index contributed by atoms with van der Waals surface area (Å²) in [7, 11) is 0. The van der Waals surface area contributed by atoms with Crippen molar-refractivity contribution in [3.8, 4) is 0 Å². The van der Waals surface area contributed by atoms with Gasteiger partial charge in [0.15, 0.2) is 11.4 Å². The van der Waals surface area contributed by atoms with E-state index in [4.69, 9.17) is 19.2 Å². The molecule has 0 aromatic rings. The van der Waals surface area contributed by atoms with Gasteiger partial charge in [-0.05, 0) is 6.92 Å². The molecule has 3 heterocycles. The SMILES string of the molecule is CC(=O)[C@@]12O[C@@H]([C@@H]3OO[C@H]1O3)[C@@H](C)C(=O)[C@H]2C. The number of ketones is 2. The predicted octanol–water partition coefficient (Wildman–Crippen LogP) is 0.198.